The van der Waals surface area contributed by atoms with E-state index in [1.54, 1.807) is 6.07 Å². The monoisotopic (exact) mass is 262 g/mol. The average molecular weight is 262 g/mol. The highest BCUT2D eigenvalue weighted by molar-refractivity contribution is 5.99. The molecule has 0 bridgehead atoms. The van der Waals surface area contributed by atoms with Crippen molar-refractivity contribution in [3.05, 3.63) is 23.8 Å². The fraction of sp³-hybridized carbons (Fsp3) is 0.533. The van der Waals surface area contributed by atoms with Gasteiger partial charge in [-0.2, -0.15) is 0 Å². The lowest BCUT2D eigenvalue weighted by Gasteiger charge is -2.28. The number of benzene rings is 1. The largest absolute Gasteiger partial charge is 0.398 e. The number of hydrogen-bond donors (Lipinski definition) is 1. The van der Waals surface area contributed by atoms with Crippen LogP contribution in [0.15, 0.2) is 18.2 Å². The summed E-state index contributed by atoms with van der Waals surface area (Å²) < 4.78 is 5.50. The minimum absolute atomic E-state index is 0.00684. The minimum Gasteiger partial charge on any atom is -0.398 e. The van der Waals surface area contributed by atoms with Gasteiger partial charge in [-0.05, 0) is 43.9 Å². The second kappa shape index (κ2) is 6.06. The highest BCUT2D eigenvalue weighted by atomic mass is 16.5. The summed E-state index contributed by atoms with van der Waals surface area (Å²) in [6, 6.07) is 5.64. The van der Waals surface area contributed by atoms with Crippen molar-refractivity contribution in [1.82, 2.24) is 0 Å². The van der Waals surface area contributed by atoms with Crippen LogP contribution in [-0.4, -0.2) is 32.6 Å². The van der Waals surface area contributed by atoms with E-state index in [-0.39, 0.29) is 5.78 Å². The molecular formula is C15H22N2O2. The third-order valence-corrected chi connectivity index (χ3v) is 3.64. The molecule has 1 aliphatic rings. The third kappa shape index (κ3) is 3.47. The Labute approximate surface area is 114 Å². The SMILES string of the molecule is CC(=O)c1ccc(N(C)CC2CCCOC2)cc1N. The summed E-state index contributed by atoms with van der Waals surface area (Å²) in [7, 11) is 2.05. The van der Waals surface area contributed by atoms with E-state index in [0.29, 0.717) is 17.2 Å². The number of carbonyl (C=O) groups excluding carboxylic acids is 1. The molecule has 0 saturated carbocycles. The van der Waals surface area contributed by atoms with Crippen molar-refractivity contribution < 1.29 is 9.53 Å². The molecule has 1 unspecified atom stereocenters. The first-order chi connectivity index (χ1) is 9.08. The normalized spacial score (nSPS) is 19.2. The van der Waals surface area contributed by atoms with Gasteiger partial charge in [0.05, 0.1) is 6.61 Å². The Bertz CT molecular complexity index is 453. The Morgan fingerprint density at radius 1 is 1.53 bits per heavy atom. The summed E-state index contributed by atoms with van der Waals surface area (Å²) in [5, 5.41) is 0. The second-order valence-corrected chi connectivity index (χ2v) is 5.29. The molecule has 0 aromatic heterocycles. The van der Waals surface area contributed by atoms with E-state index < -0.39 is 0 Å². The maximum atomic E-state index is 11.4. The summed E-state index contributed by atoms with van der Waals surface area (Å²) in [5.41, 5.74) is 8.12. The number of nitrogens with zero attached hydrogens (tertiary/aromatic N) is 1. The molecule has 1 aliphatic heterocycles. The van der Waals surface area contributed by atoms with Crippen LogP contribution in [0.1, 0.15) is 30.1 Å². The molecule has 1 saturated heterocycles. The summed E-state index contributed by atoms with van der Waals surface area (Å²) in [6.45, 7) is 4.22. The van der Waals surface area contributed by atoms with Crippen LogP contribution in [0.4, 0.5) is 11.4 Å². The van der Waals surface area contributed by atoms with E-state index in [1.165, 1.54) is 13.3 Å². The lowest BCUT2D eigenvalue weighted by molar-refractivity contribution is 0.0576. The topological polar surface area (TPSA) is 55.6 Å². The Hall–Kier alpha value is -1.55. The quantitative estimate of drug-likeness (QED) is 0.668. The summed E-state index contributed by atoms with van der Waals surface area (Å²) in [5.74, 6) is 0.583. The Kier molecular flexibility index (Phi) is 4.43. The van der Waals surface area contributed by atoms with Crippen LogP contribution in [0.25, 0.3) is 0 Å². The number of nitrogen functional groups attached to an aromatic ring is 1. The maximum absolute atomic E-state index is 11.4. The van der Waals surface area contributed by atoms with Gasteiger partial charge in [0.1, 0.15) is 0 Å². The summed E-state index contributed by atoms with van der Waals surface area (Å²) >= 11 is 0. The molecule has 1 aromatic rings. The first-order valence-corrected chi connectivity index (χ1v) is 6.77. The van der Waals surface area contributed by atoms with Gasteiger partial charge in [0.25, 0.3) is 0 Å². The van der Waals surface area contributed by atoms with Gasteiger partial charge in [-0.15, -0.1) is 0 Å². The van der Waals surface area contributed by atoms with Crippen LogP contribution in [0.3, 0.4) is 0 Å². The Balaban J connectivity index is 2.04. The molecule has 1 atom stereocenters. The molecule has 0 aliphatic carbocycles. The van der Waals surface area contributed by atoms with Crippen molar-refractivity contribution in [2.45, 2.75) is 19.8 Å². The van der Waals surface area contributed by atoms with E-state index in [1.807, 2.05) is 12.1 Å². The molecular weight excluding hydrogens is 240 g/mol. The molecule has 1 aromatic carbocycles. The number of nitrogens with two attached hydrogens (primary N) is 1. The number of carbonyl (C=O) groups is 1. The lowest BCUT2D eigenvalue weighted by atomic mass is 10.0. The zero-order valence-corrected chi connectivity index (χ0v) is 11.7. The van der Waals surface area contributed by atoms with Crippen LogP contribution in [0, 0.1) is 5.92 Å². The predicted molar refractivity (Wildman–Crippen MR) is 77.7 cm³/mol. The maximum Gasteiger partial charge on any atom is 0.161 e. The smallest absolute Gasteiger partial charge is 0.161 e. The van der Waals surface area contributed by atoms with Gasteiger partial charge in [-0.25, -0.2) is 0 Å². The number of ketones is 1. The van der Waals surface area contributed by atoms with Crippen LogP contribution in [0.5, 0.6) is 0 Å². The van der Waals surface area contributed by atoms with Gasteiger partial charge in [0.15, 0.2) is 5.78 Å². The van der Waals surface area contributed by atoms with E-state index in [2.05, 4.69) is 11.9 Å². The summed E-state index contributed by atoms with van der Waals surface area (Å²) in [6.07, 6.45) is 2.36. The van der Waals surface area contributed by atoms with Crippen LogP contribution in [-0.2, 0) is 4.74 Å². The van der Waals surface area contributed by atoms with E-state index in [4.69, 9.17) is 10.5 Å². The van der Waals surface area contributed by atoms with Gasteiger partial charge in [-0.1, -0.05) is 0 Å². The molecule has 1 fully saturated rings. The van der Waals surface area contributed by atoms with Gasteiger partial charge >= 0.3 is 0 Å². The van der Waals surface area contributed by atoms with Gasteiger partial charge in [-0.3, -0.25) is 4.79 Å². The zero-order valence-electron chi connectivity index (χ0n) is 11.7. The third-order valence-electron chi connectivity index (χ3n) is 3.64. The Morgan fingerprint density at radius 3 is 2.89 bits per heavy atom. The molecule has 2 rings (SSSR count). The second-order valence-electron chi connectivity index (χ2n) is 5.29. The van der Waals surface area contributed by atoms with Gasteiger partial charge in [0, 0.05) is 37.1 Å². The highest BCUT2D eigenvalue weighted by Gasteiger charge is 2.16. The molecule has 2 N–H and O–H groups in total. The summed E-state index contributed by atoms with van der Waals surface area (Å²) in [4.78, 5) is 13.5. The van der Waals surface area contributed by atoms with Crippen molar-refractivity contribution in [2.24, 2.45) is 5.92 Å². The van der Waals surface area contributed by atoms with Crippen molar-refractivity contribution in [3.8, 4) is 0 Å². The van der Waals surface area contributed by atoms with Crippen LogP contribution in [0.2, 0.25) is 0 Å². The number of hydrogen-bond acceptors (Lipinski definition) is 4. The van der Waals surface area contributed by atoms with Crippen molar-refractivity contribution in [2.75, 3.05) is 37.4 Å². The van der Waals surface area contributed by atoms with Crippen molar-refractivity contribution in [1.29, 1.82) is 0 Å². The van der Waals surface area contributed by atoms with Gasteiger partial charge < -0.3 is 15.4 Å². The molecule has 104 valence electrons. The molecule has 0 amide bonds. The number of Topliss-reactive ketones (excluding diaryl/α,β-unsaturated/α-hetero) is 1. The standard InChI is InChI=1S/C15H22N2O2/c1-11(18)14-6-5-13(8-15(14)16)17(2)9-12-4-3-7-19-10-12/h5-6,8,12H,3-4,7,9-10,16H2,1-2H3. The first-order valence-electron chi connectivity index (χ1n) is 6.77. The highest BCUT2D eigenvalue weighted by Crippen LogP contribution is 2.23. The molecule has 19 heavy (non-hydrogen) atoms. The van der Waals surface area contributed by atoms with Crippen LogP contribution >= 0.6 is 0 Å². The molecule has 1 heterocycles. The number of rotatable bonds is 4. The van der Waals surface area contributed by atoms with Crippen molar-refractivity contribution in [3.63, 3.8) is 0 Å². The fourth-order valence-corrected chi connectivity index (χ4v) is 2.55. The average Bonchev–Trinajstić information content (AvgIpc) is 2.39. The molecule has 0 radical (unpaired) electrons. The van der Waals surface area contributed by atoms with E-state index in [0.717, 1.165) is 31.9 Å². The van der Waals surface area contributed by atoms with Crippen molar-refractivity contribution >= 4 is 17.2 Å². The van der Waals surface area contributed by atoms with E-state index in [9.17, 15) is 4.79 Å². The molecule has 0 spiro atoms. The first kappa shape index (κ1) is 13.9. The zero-order chi connectivity index (χ0) is 13.8. The number of ether oxygens (including phenoxy) is 1. The van der Waals surface area contributed by atoms with E-state index >= 15 is 0 Å². The molecule has 4 heteroatoms. The van der Waals surface area contributed by atoms with Crippen LogP contribution < -0.4 is 10.6 Å². The predicted octanol–water partition coefficient (Wildman–Crippen LogP) is 2.33. The lowest BCUT2D eigenvalue weighted by Crippen LogP contribution is -2.30. The van der Waals surface area contributed by atoms with Gasteiger partial charge in [0.2, 0.25) is 0 Å². The number of anilines is 2. The Morgan fingerprint density at radius 2 is 2.32 bits per heavy atom. The molecule has 4 nitrogen and oxygen atoms in total. The minimum atomic E-state index is 0.00684. The fourth-order valence-electron chi connectivity index (χ4n) is 2.55.